The molecule has 62 heavy (non-hydrogen) atoms. The fourth-order valence-corrected chi connectivity index (χ4v) is 10.2. The Balaban J connectivity index is 0.802. The number of H-pyrrole nitrogens is 1. The summed E-state index contributed by atoms with van der Waals surface area (Å²) in [5, 5.41) is 19.8. The van der Waals surface area contributed by atoms with Crippen molar-refractivity contribution < 1.29 is 38.5 Å². The van der Waals surface area contributed by atoms with Crippen molar-refractivity contribution in [2.24, 2.45) is 5.41 Å². The zero-order valence-corrected chi connectivity index (χ0v) is 38.2. The van der Waals surface area contributed by atoms with Crippen molar-refractivity contribution >= 4 is 68.3 Å². The molecule has 19 heteroatoms. The van der Waals surface area contributed by atoms with Gasteiger partial charge in [0.25, 0.3) is 5.56 Å². The van der Waals surface area contributed by atoms with Crippen LogP contribution < -0.4 is 21.5 Å². The lowest BCUT2D eigenvalue weighted by Gasteiger charge is -2.35. The number of aliphatic hydroxyl groups excluding tert-OH is 1. The number of ether oxygens (including phenoxy) is 3. The van der Waals surface area contributed by atoms with Gasteiger partial charge >= 0.3 is 0 Å². The third-order valence-electron chi connectivity index (χ3n) is 10.6. The van der Waals surface area contributed by atoms with Gasteiger partial charge in [-0.2, -0.15) is 0 Å². The first kappa shape index (κ1) is 47.2. The van der Waals surface area contributed by atoms with Gasteiger partial charge in [-0.05, 0) is 48.3 Å². The van der Waals surface area contributed by atoms with E-state index in [0.717, 1.165) is 56.7 Å². The molecule has 1 saturated heterocycles. The van der Waals surface area contributed by atoms with Crippen LogP contribution in [0, 0.1) is 12.3 Å². The van der Waals surface area contributed by atoms with E-state index in [9.17, 15) is 29.1 Å². The monoisotopic (exact) mass is 911 g/mol. The minimum atomic E-state index is -0.933. The number of nitrogens with one attached hydrogen (secondary N) is 4. The average Bonchev–Trinajstić information content (AvgIpc) is 4.04. The number of carbonyl (C=O) groups excluding carboxylic acids is 4. The Morgan fingerprint density at radius 2 is 1.73 bits per heavy atom. The molecule has 0 saturated carbocycles. The SMILES string of the molecule is Cc1ncsc1-c1ccc(CNC(=O)[C@@H]2C[C@@H](O)CN2C(=O)[C@@H](NC(=O)CCOCCOCCOCCNC(=O)CSCc2nc3sc4c(c3c(=O)[nH]2)CCC4)C(C)(C)C)cc1. The summed E-state index contributed by atoms with van der Waals surface area (Å²) in [5.74, 6) is -0.0459. The van der Waals surface area contributed by atoms with Crippen LogP contribution in [0.25, 0.3) is 20.7 Å². The zero-order valence-electron chi connectivity index (χ0n) is 35.7. The second-order valence-corrected chi connectivity index (χ2v) is 19.3. The Bertz CT molecular complexity index is 2220. The number of thioether (sulfide) groups is 1. The number of benzene rings is 1. The average molecular weight is 912 g/mol. The molecular formula is C43H57N7O9S3. The van der Waals surface area contributed by atoms with E-state index in [1.54, 1.807) is 22.7 Å². The van der Waals surface area contributed by atoms with Crippen molar-refractivity contribution in [3.8, 4) is 10.4 Å². The number of aliphatic hydroxyl groups is 1. The first-order valence-corrected chi connectivity index (χ1v) is 23.8. The number of aromatic nitrogens is 3. The number of hydrogen-bond donors (Lipinski definition) is 5. The third kappa shape index (κ3) is 12.9. The van der Waals surface area contributed by atoms with Gasteiger partial charge in [0.1, 0.15) is 22.7 Å². The fourth-order valence-electron chi connectivity index (χ4n) is 7.39. The maximum Gasteiger partial charge on any atom is 0.259 e. The first-order valence-electron chi connectivity index (χ1n) is 20.9. The molecule has 1 aromatic carbocycles. The third-order valence-corrected chi connectivity index (χ3v) is 13.7. The molecule has 0 unspecified atom stereocenters. The molecule has 336 valence electrons. The van der Waals surface area contributed by atoms with Crippen LogP contribution in [0.2, 0.25) is 0 Å². The highest BCUT2D eigenvalue weighted by Gasteiger charge is 2.44. The second-order valence-electron chi connectivity index (χ2n) is 16.4. The Morgan fingerprint density at radius 3 is 2.44 bits per heavy atom. The zero-order chi connectivity index (χ0) is 44.2. The molecule has 4 heterocycles. The van der Waals surface area contributed by atoms with Crippen LogP contribution >= 0.6 is 34.4 Å². The standard InChI is InChI=1S/C43H57N7O9S3/c1-26-37(61-25-46-26)28-10-8-27(9-11-28)21-45-39(54)31-20-29(51)22-50(31)42(56)38(43(2,3)4)49-34(52)12-14-57-16-18-59-19-17-58-15-13-44-35(53)24-60-23-33-47-40(55)36-30-6-5-7-32(30)62-41(36)48-33/h8-11,25,29,31,38,51H,5-7,12-24H2,1-4H3,(H,44,53)(H,45,54)(H,49,52)(H,47,48,55)/t29-,31+,38-/m1/s1. The number of nitrogens with zero attached hydrogens (tertiary/aromatic N) is 3. The van der Waals surface area contributed by atoms with E-state index >= 15 is 0 Å². The molecule has 0 radical (unpaired) electrons. The number of thiophene rings is 1. The Kier molecular flexibility index (Phi) is 17.1. The van der Waals surface area contributed by atoms with Crippen LogP contribution in [-0.2, 0) is 58.5 Å². The van der Waals surface area contributed by atoms with E-state index < -0.39 is 29.5 Å². The summed E-state index contributed by atoms with van der Waals surface area (Å²) in [7, 11) is 0. The summed E-state index contributed by atoms with van der Waals surface area (Å²) < 4.78 is 16.6. The van der Waals surface area contributed by atoms with Crippen LogP contribution in [0.5, 0.6) is 0 Å². The summed E-state index contributed by atoms with van der Waals surface area (Å²) >= 11 is 4.56. The molecule has 0 bridgehead atoms. The molecule has 6 rings (SSSR count). The number of hydrogen-bond acceptors (Lipinski definition) is 14. The fraction of sp³-hybridized carbons (Fsp3) is 0.558. The van der Waals surface area contributed by atoms with Crippen molar-refractivity contribution in [2.75, 3.05) is 58.5 Å². The van der Waals surface area contributed by atoms with Crippen molar-refractivity contribution in [1.82, 2.24) is 35.8 Å². The van der Waals surface area contributed by atoms with E-state index in [2.05, 4.69) is 30.9 Å². The topological polar surface area (TPSA) is 214 Å². The van der Waals surface area contributed by atoms with E-state index in [-0.39, 0.29) is 68.2 Å². The smallest absolute Gasteiger partial charge is 0.259 e. The van der Waals surface area contributed by atoms with Crippen molar-refractivity contribution in [3.63, 3.8) is 0 Å². The predicted molar refractivity (Wildman–Crippen MR) is 240 cm³/mol. The number of carbonyl (C=O) groups is 4. The molecular weight excluding hydrogens is 855 g/mol. The van der Waals surface area contributed by atoms with E-state index in [4.69, 9.17) is 14.2 Å². The molecule has 2 aliphatic rings. The molecule has 1 fully saturated rings. The lowest BCUT2D eigenvalue weighted by molar-refractivity contribution is -0.144. The number of thiazole rings is 1. The van der Waals surface area contributed by atoms with Gasteiger partial charge in [0.05, 0.1) is 78.7 Å². The largest absolute Gasteiger partial charge is 0.391 e. The number of aromatic amines is 1. The Morgan fingerprint density at radius 1 is 1.00 bits per heavy atom. The van der Waals surface area contributed by atoms with Crippen LogP contribution in [0.4, 0.5) is 0 Å². The highest BCUT2D eigenvalue weighted by atomic mass is 32.2. The Labute approximate surface area is 373 Å². The normalized spacial score (nSPS) is 16.7. The lowest BCUT2D eigenvalue weighted by Crippen LogP contribution is -2.57. The number of rotatable bonds is 22. The van der Waals surface area contributed by atoms with Gasteiger partial charge in [0, 0.05) is 37.4 Å². The van der Waals surface area contributed by atoms with Crippen LogP contribution in [0.1, 0.15) is 67.6 Å². The molecule has 0 spiro atoms. The van der Waals surface area contributed by atoms with Crippen molar-refractivity contribution in [1.29, 1.82) is 0 Å². The summed E-state index contributed by atoms with van der Waals surface area (Å²) in [6.07, 6.45) is 2.29. The molecule has 3 aromatic heterocycles. The van der Waals surface area contributed by atoms with Crippen molar-refractivity contribution in [3.05, 3.63) is 67.7 Å². The van der Waals surface area contributed by atoms with Gasteiger partial charge in [-0.3, -0.25) is 24.0 Å². The molecule has 4 aromatic rings. The van der Waals surface area contributed by atoms with Gasteiger partial charge in [0.2, 0.25) is 23.6 Å². The van der Waals surface area contributed by atoms with E-state index in [1.807, 2.05) is 57.5 Å². The van der Waals surface area contributed by atoms with Gasteiger partial charge < -0.3 is 45.2 Å². The quantitative estimate of drug-likeness (QED) is 0.0718. The van der Waals surface area contributed by atoms with Gasteiger partial charge in [0.15, 0.2) is 0 Å². The summed E-state index contributed by atoms with van der Waals surface area (Å²) in [6.45, 7) is 9.75. The van der Waals surface area contributed by atoms with E-state index in [1.165, 1.54) is 21.5 Å². The number of amides is 4. The Hall–Kier alpha value is -4.24. The lowest BCUT2D eigenvalue weighted by atomic mass is 9.85. The van der Waals surface area contributed by atoms with Crippen molar-refractivity contribution in [2.45, 2.75) is 90.3 Å². The van der Waals surface area contributed by atoms with Crippen LogP contribution in [0.15, 0.2) is 34.6 Å². The number of β-amino-alcohol motifs (C(OH)–C–C–N with tert-alkyl or cyclic N) is 1. The second kappa shape index (κ2) is 22.4. The van der Waals surface area contributed by atoms with Gasteiger partial charge in [-0.1, -0.05) is 45.0 Å². The number of likely N-dealkylation sites (tertiary alicyclic amines) is 1. The molecule has 1 aliphatic heterocycles. The molecule has 3 atom stereocenters. The van der Waals surface area contributed by atoms with Gasteiger partial charge in [-0.15, -0.1) is 34.4 Å². The summed E-state index contributed by atoms with van der Waals surface area (Å²) in [4.78, 5) is 81.4. The summed E-state index contributed by atoms with van der Waals surface area (Å²) in [5.41, 5.74) is 5.09. The van der Waals surface area contributed by atoms with Crippen LogP contribution in [0.3, 0.4) is 0 Å². The molecule has 16 nitrogen and oxygen atoms in total. The predicted octanol–water partition coefficient (Wildman–Crippen LogP) is 3.50. The maximum absolute atomic E-state index is 13.9. The number of aryl methyl sites for hydroxylation is 3. The summed E-state index contributed by atoms with van der Waals surface area (Å²) in [6, 6.07) is 6.05. The molecule has 4 amide bonds. The van der Waals surface area contributed by atoms with E-state index in [0.29, 0.717) is 44.5 Å². The minimum absolute atomic E-state index is 0.00835. The number of fused-ring (bicyclic) bond motifs is 3. The van der Waals surface area contributed by atoms with Gasteiger partial charge in [-0.25, -0.2) is 9.97 Å². The highest BCUT2D eigenvalue weighted by molar-refractivity contribution is 7.99. The van der Waals surface area contributed by atoms with Crippen LogP contribution in [-0.4, -0.2) is 125 Å². The highest BCUT2D eigenvalue weighted by Crippen LogP contribution is 2.35. The molecule has 1 aliphatic carbocycles. The minimum Gasteiger partial charge on any atom is -0.391 e. The molecule has 5 N–H and O–H groups in total. The maximum atomic E-state index is 13.9. The first-order chi connectivity index (χ1) is 29.8.